The lowest BCUT2D eigenvalue weighted by Crippen LogP contribution is -2.38. The third-order valence-electron chi connectivity index (χ3n) is 3.85. The number of aliphatic hydroxyl groups is 1. The van der Waals surface area contributed by atoms with Gasteiger partial charge in [-0.2, -0.15) is 5.26 Å². The lowest BCUT2D eigenvalue weighted by atomic mass is 10.1. The molecule has 2 N–H and O–H groups in total. The van der Waals surface area contributed by atoms with E-state index in [0.717, 1.165) is 25.2 Å². The van der Waals surface area contributed by atoms with Crippen molar-refractivity contribution in [3.63, 3.8) is 0 Å². The van der Waals surface area contributed by atoms with Crippen LogP contribution in [0, 0.1) is 11.3 Å². The average Bonchev–Trinajstić information content (AvgIpc) is 3.00. The fourth-order valence-corrected chi connectivity index (χ4v) is 2.80. The van der Waals surface area contributed by atoms with Gasteiger partial charge in [0.2, 0.25) is 0 Å². The largest absolute Gasteiger partial charge is 0.495 e. The van der Waals surface area contributed by atoms with E-state index in [1.165, 1.54) is 12.8 Å². The van der Waals surface area contributed by atoms with Crippen molar-refractivity contribution < 1.29 is 9.84 Å². The molecule has 0 spiro atoms. The first-order valence-electron chi connectivity index (χ1n) is 7.40. The van der Waals surface area contributed by atoms with Crippen LogP contribution in [-0.4, -0.2) is 49.4 Å². The second-order valence-electron chi connectivity index (χ2n) is 5.40. The molecule has 1 atom stereocenters. The number of nitrogens with one attached hydrogen (secondary N) is 1. The molecule has 1 aromatic rings. The number of benzene rings is 1. The van der Waals surface area contributed by atoms with Gasteiger partial charge in [0.15, 0.2) is 0 Å². The lowest BCUT2D eigenvalue weighted by Gasteiger charge is -2.25. The zero-order valence-electron chi connectivity index (χ0n) is 12.5. The van der Waals surface area contributed by atoms with E-state index in [-0.39, 0.29) is 6.61 Å². The van der Waals surface area contributed by atoms with Crippen molar-refractivity contribution in [1.82, 2.24) is 10.2 Å². The molecule has 1 aliphatic rings. The molecule has 0 radical (unpaired) electrons. The van der Waals surface area contributed by atoms with E-state index in [9.17, 15) is 5.11 Å². The van der Waals surface area contributed by atoms with Crippen LogP contribution in [0.1, 0.15) is 24.0 Å². The maximum Gasteiger partial charge on any atom is 0.136 e. The van der Waals surface area contributed by atoms with Gasteiger partial charge in [0, 0.05) is 25.7 Å². The van der Waals surface area contributed by atoms with Gasteiger partial charge in [0.05, 0.1) is 19.3 Å². The van der Waals surface area contributed by atoms with Crippen LogP contribution < -0.4 is 10.1 Å². The Kier molecular flexibility index (Phi) is 6.00. The van der Waals surface area contributed by atoms with Crippen LogP contribution in [0.5, 0.6) is 5.75 Å². The monoisotopic (exact) mass is 289 g/mol. The number of aliphatic hydroxyl groups excluding tert-OH is 1. The van der Waals surface area contributed by atoms with Crippen LogP contribution in [-0.2, 0) is 6.54 Å². The van der Waals surface area contributed by atoms with Crippen molar-refractivity contribution in [2.75, 3.05) is 33.4 Å². The van der Waals surface area contributed by atoms with Crippen molar-refractivity contribution in [3.8, 4) is 11.8 Å². The van der Waals surface area contributed by atoms with Crippen molar-refractivity contribution in [2.24, 2.45) is 0 Å². The van der Waals surface area contributed by atoms with Crippen molar-refractivity contribution in [3.05, 3.63) is 29.3 Å². The minimum Gasteiger partial charge on any atom is -0.495 e. The zero-order chi connectivity index (χ0) is 15.1. The van der Waals surface area contributed by atoms with Gasteiger partial charge in [0.1, 0.15) is 11.8 Å². The molecule has 1 heterocycles. The normalized spacial score (nSPS) is 17.9. The minimum absolute atomic E-state index is 0.147. The average molecular weight is 289 g/mol. The molecule has 1 saturated heterocycles. The molecule has 5 heteroatoms. The number of hydrogen-bond acceptors (Lipinski definition) is 5. The number of rotatable bonds is 7. The van der Waals surface area contributed by atoms with E-state index < -0.39 is 0 Å². The highest BCUT2D eigenvalue weighted by Crippen LogP contribution is 2.20. The first-order chi connectivity index (χ1) is 10.3. The Hall–Kier alpha value is -1.61. The van der Waals surface area contributed by atoms with E-state index in [1.54, 1.807) is 7.11 Å². The molecule has 0 aromatic heterocycles. The Morgan fingerprint density at radius 1 is 1.52 bits per heavy atom. The van der Waals surface area contributed by atoms with Crippen LogP contribution >= 0.6 is 0 Å². The molecule has 21 heavy (non-hydrogen) atoms. The third-order valence-corrected chi connectivity index (χ3v) is 3.85. The number of nitriles is 1. The van der Waals surface area contributed by atoms with E-state index in [4.69, 9.17) is 10.00 Å². The summed E-state index contributed by atoms with van der Waals surface area (Å²) in [6.07, 6.45) is 2.41. The van der Waals surface area contributed by atoms with E-state index in [0.29, 0.717) is 23.9 Å². The van der Waals surface area contributed by atoms with Gasteiger partial charge in [-0.15, -0.1) is 0 Å². The topological polar surface area (TPSA) is 68.5 Å². The summed E-state index contributed by atoms with van der Waals surface area (Å²) in [6.45, 7) is 3.53. The van der Waals surface area contributed by atoms with Crippen LogP contribution in [0.15, 0.2) is 18.2 Å². The summed E-state index contributed by atoms with van der Waals surface area (Å²) >= 11 is 0. The zero-order valence-corrected chi connectivity index (χ0v) is 12.5. The summed E-state index contributed by atoms with van der Waals surface area (Å²) in [4.78, 5) is 2.23. The lowest BCUT2D eigenvalue weighted by molar-refractivity contribution is 0.179. The van der Waals surface area contributed by atoms with Gasteiger partial charge in [0.25, 0.3) is 0 Å². The summed E-state index contributed by atoms with van der Waals surface area (Å²) in [6, 6.07) is 8.34. The maximum atomic E-state index is 9.24. The molecule has 2 rings (SSSR count). The summed E-state index contributed by atoms with van der Waals surface area (Å²) in [5, 5.41) is 21.9. The van der Waals surface area contributed by atoms with E-state index in [1.807, 2.05) is 18.2 Å². The summed E-state index contributed by atoms with van der Waals surface area (Å²) < 4.78 is 5.17. The third kappa shape index (κ3) is 4.43. The van der Waals surface area contributed by atoms with Gasteiger partial charge in [-0.3, -0.25) is 4.90 Å². The Labute approximate surface area is 126 Å². The molecule has 114 valence electrons. The van der Waals surface area contributed by atoms with Gasteiger partial charge in [-0.05, 0) is 37.1 Å². The van der Waals surface area contributed by atoms with Crippen LogP contribution in [0.2, 0.25) is 0 Å². The summed E-state index contributed by atoms with van der Waals surface area (Å²) in [5.41, 5.74) is 1.62. The molecule has 1 fully saturated rings. The SMILES string of the molecule is COc1ccc(CN(CCO)CC2CCCN2)cc1C#N. The van der Waals surface area contributed by atoms with Crippen molar-refractivity contribution >= 4 is 0 Å². The van der Waals surface area contributed by atoms with Gasteiger partial charge in [-0.1, -0.05) is 6.07 Å². The molecular formula is C16H23N3O2. The predicted octanol–water partition coefficient (Wildman–Crippen LogP) is 1.11. The first-order valence-corrected chi connectivity index (χ1v) is 7.40. The van der Waals surface area contributed by atoms with Gasteiger partial charge >= 0.3 is 0 Å². The van der Waals surface area contributed by atoms with E-state index >= 15 is 0 Å². The fourth-order valence-electron chi connectivity index (χ4n) is 2.80. The second-order valence-corrected chi connectivity index (χ2v) is 5.40. The predicted molar refractivity (Wildman–Crippen MR) is 81.1 cm³/mol. The number of ether oxygens (including phenoxy) is 1. The molecule has 0 aliphatic carbocycles. The highest BCUT2D eigenvalue weighted by Gasteiger charge is 2.18. The quantitative estimate of drug-likeness (QED) is 0.787. The maximum absolute atomic E-state index is 9.24. The molecule has 5 nitrogen and oxygen atoms in total. The van der Waals surface area contributed by atoms with Crippen LogP contribution in [0.4, 0.5) is 0 Å². The molecule has 0 saturated carbocycles. The summed E-state index contributed by atoms with van der Waals surface area (Å²) in [5.74, 6) is 0.604. The molecular weight excluding hydrogens is 266 g/mol. The Balaban J connectivity index is 2.03. The highest BCUT2D eigenvalue weighted by atomic mass is 16.5. The van der Waals surface area contributed by atoms with Gasteiger partial charge < -0.3 is 15.2 Å². The Morgan fingerprint density at radius 3 is 3.00 bits per heavy atom. The molecule has 0 amide bonds. The Bertz CT molecular complexity index is 493. The fraction of sp³-hybridized carbons (Fsp3) is 0.562. The van der Waals surface area contributed by atoms with Crippen LogP contribution in [0.3, 0.4) is 0 Å². The Morgan fingerprint density at radius 2 is 2.38 bits per heavy atom. The standard InChI is InChI=1S/C16H23N3O2/c1-21-16-5-4-13(9-14(16)10-17)11-19(7-8-20)12-15-3-2-6-18-15/h4-5,9,15,18,20H,2-3,6-8,11-12H2,1H3. The molecule has 0 bridgehead atoms. The minimum atomic E-state index is 0.147. The van der Waals surface area contributed by atoms with Crippen LogP contribution in [0.25, 0.3) is 0 Å². The van der Waals surface area contributed by atoms with Crippen molar-refractivity contribution in [1.29, 1.82) is 5.26 Å². The first kappa shape index (κ1) is 15.8. The summed E-state index contributed by atoms with van der Waals surface area (Å²) in [7, 11) is 1.57. The molecule has 1 unspecified atom stereocenters. The van der Waals surface area contributed by atoms with Gasteiger partial charge in [-0.25, -0.2) is 0 Å². The van der Waals surface area contributed by atoms with Crippen molar-refractivity contribution in [2.45, 2.75) is 25.4 Å². The number of methoxy groups -OCH3 is 1. The second kappa shape index (κ2) is 7.99. The molecule has 1 aromatic carbocycles. The highest BCUT2D eigenvalue weighted by molar-refractivity contribution is 5.45. The molecule has 1 aliphatic heterocycles. The van der Waals surface area contributed by atoms with E-state index in [2.05, 4.69) is 16.3 Å². The number of hydrogen-bond donors (Lipinski definition) is 2. The number of nitrogens with zero attached hydrogens (tertiary/aromatic N) is 2. The smallest absolute Gasteiger partial charge is 0.136 e.